The summed E-state index contributed by atoms with van der Waals surface area (Å²) in [6.07, 6.45) is 6.01. The molecule has 0 atom stereocenters. The van der Waals surface area contributed by atoms with Gasteiger partial charge in [0.25, 0.3) is 0 Å². The van der Waals surface area contributed by atoms with Crippen LogP contribution in [-0.4, -0.2) is 0 Å². The molecule has 1 aliphatic carbocycles. The fourth-order valence-corrected chi connectivity index (χ4v) is 2.36. The first-order valence-electron chi connectivity index (χ1n) is 6.04. The standard InChI is InChI=1S/C18H14/c1-3-13-9-10-14(4-2)17(11-13)18-12-15-7-5-6-8-16(15)18/h3-12H,1-2H2. The van der Waals surface area contributed by atoms with Crippen LogP contribution in [0.25, 0.3) is 23.8 Å². The van der Waals surface area contributed by atoms with E-state index in [0.29, 0.717) is 0 Å². The molecule has 0 aliphatic heterocycles. The predicted octanol–water partition coefficient (Wildman–Crippen LogP) is 4.87. The van der Waals surface area contributed by atoms with Crippen LogP contribution < -0.4 is 0 Å². The maximum Gasteiger partial charge on any atom is -0.00930 e. The van der Waals surface area contributed by atoms with Crippen LogP contribution in [0.2, 0.25) is 0 Å². The molecule has 0 unspecified atom stereocenters. The van der Waals surface area contributed by atoms with Crippen molar-refractivity contribution in [2.45, 2.75) is 0 Å². The highest BCUT2D eigenvalue weighted by Crippen LogP contribution is 2.39. The zero-order valence-corrected chi connectivity index (χ0v) is 10.2. The molecule has 0 aromatic heterocycles. The zero-order valence-electron chi connectivity index (χ0n) is 10.2. The Kier molecular flexibility index (Phi) is 2.49. The molecule has 18 heavy (non-hydrogen) atoms. The minimum Gasteiger partial charge on any atom is -0.0985 e. The van der Waals surface area contributed by atoms with Crippen molar-refractivity contribution in [2.24, 2.45) is 0 Å². The van der Waals surface area contributed by atoms with Crippen molar-refractivity contribution in [1.29, 1.82) is 0 Å². The highest BCUT2D eigenvalue weighted by atomic mass is 14.2. The van der Waals surface area contributed by atoms with Gasteiger partial charge >= 0.3 is 0 Å². The van der Waals surface area contributed by atoms with E-state index >= 15 is 0 Å². The molecule has 0 nitrogen and oxygen atoms in total. The molecular weight excluding hydrogens is 216 g/mol. The lowest BCUT2D eigenvalue weighted by Crippen LogP contribution is -2.01. The van der Waals surface area contributed by atoms with E-state index in [-0.39, 0.29) is 0 Å². The molecule has 0 radical (unpaired) electrons. The van der Waals surface area contributed by atoms with Crippen LogP contribution in [0.1, 0.15) is 27.8 Å². The van der Waals surface area contributed by atoms with Crippen molar-refractivity contribution in [2.75, 3.05) is 0 Å². The van der Waals surface area contributed by atoms with Crippen molar-refractivity contribution in [3.05, 3.63) is 83.4 Å². The van der Waals surface area contributed by atoms with Gasteiger partial charge in [-0.2, -0.15) is 0 Å². The maximum atomic E-state index is 3.89. The van der Waals surface area contributed by atoms with E-state index in [1.807, 2.05) is 12.2 Å². The summed E-state index contributed by atoms with van der Waals surface area (Å²) in [6.45, 7) is 7.72. The van der Waals surface area contributed by atoms with E-state index in [0.717, 1.165) is 5.56 Å². The van der Waals surface area contributed by atoms with Crippen LogP contribution >= 0.6 is 0 Å². The molecular formula is C18H14. The molecule has 3 rings (SSSR count). The average molecular weight is 230 g/mol. The van der Waals surface area contributed by atoms with Crippen molar-refractivity contribution in [3.63, 3.8) is 0 Å². The van der Waals surface area contributed by atoms with Gasteiger partial charge in [-0.1, -0.05) is 61.7 Å². The molecule has 2 aromatic carbocycles. The SMILES string of the molecule is C=Cc1ccc(C=C)c(C2=Cc3ccccc32)c1. The molecule has 0 bridgehead atoms. The molecule has 1 aliphatic rings. The lowest BCUT2D eigenvalue weighted by molar-refractivity contribution is 1.47. The lowest BCUT2D eigenvalue weighted by atomic mass is 9.82. The summed E-state index contributed by atoms with van der Waals surface area (Å²) in [7, 11) is 0. The molecule has 0 N–H and O–H groups in total. The highest BCUT2D eigenvalue weighted by Gasteiger charge is 2.18. The van der Waals surface area contributed by atoms with Crippen LogP contribution in [0.4, 0.5) is 0 Å². The maximum absolute atomic E-state index is 3.89. The number of hydrogen-bond donors (Lipinski definition) is 0. The fourth-order valence-electron chi connectivity index (χ4n) is 2.36. The van der Waals surface area contributed by atoms with Gasteiger partial charge < -0.3 is 0 Å². The lowest BCUT2D eigenvalue weighted by Gasteiger charge is -2.22. The summed E-state index contributed by atoms with van der Waals surface area (Å²) in [5.41, 5.74) is 7.47. The van der Waals surface area contributed by atoms with Crippen molar-refractivity contribution < 1.29 is 0 Å². The first-order valence-corrected chi connectivity index (χ1v) is 6.04. The first-order chi connectivity index (χ1) is 8.83. The van der Waals surface area contributed by atoms with E-state index in [4.69, 9.17) is 0 Å². The third-order valence-corrected chi connectivity index (χ3v) is 3.37. The topological polar surface area (TPSA) is 0 Å². The van der Waals surface area contributed by atoms with Crippen LogP contribution in [0.15, 0.2) is 55.6 Å². The Morgan fingerprint density at radius 1 is 0.833 bits per heavy atom. The average Bonchev–Trinajstić information content (AvgIpc) is 2.40. The molecule has 0 heterocycles. The Morgan fingerprint density at radius 2 is 1.67 bits per heavy atom. The summed E-state index contributed by atoms with van der Waals surface area (Å²) in [5, 5.41) is 0. The van der Waals surface area contributed by atoms with Crippen LogP contribution in [0, 0.1) is 0 Å². The van der Waals surface area contributed by atoms with E-state index in [1.165, 1.54) is 27.8 Å². The monoisotopic (exact) mass is 230 g/mol. The molecule has 0 amide bonds. The van der Waals surface area contributed by atoms with Crippen LogP contribution in [0.5, 0.6) is 0 Å². The van der Waals surface area contributed by atoms with Gasteiger partial charge in [0.15, 0.2) is 0 Å². The third kappa shape index (κ3) is 1.54. The zero-order chi connectivity index (χ0) is 12.5. The van der Waals surface area contributed by atoms with Gasteiger partial charge in [0, 0.05) is 0 Å². The minimum absolute atomic E-state index is 1.14. The molecule has 0 fully saturated rings. The van der Waals surface area contributed by atoms with Gasteiger partial charge in [0.1, 0.15) is 0 Å². The quantitative estimate of drug-likeness (QED) is 0.602. The van der Waals surface area contributed by atoms with Crippen LogP contribution in [0.3, 0.4) is 0 Å². The summed E-state index contributed by atoms with van der Waals surface area (Å²) in [4.78, 5) is 0. The van der Waals surface area contributed by atoms with Gasteiger partial charge in [-0.25, -0.2) is 0 Å². The van der Waals surface area contributed by atoms with Gasteiger partial charge in [-0.05, 0) is 45.5 Å². The first kappa shape index (κ1) is 10.8. The van der Waals surface area contributed by atoms with Crippen molar-refractivity contribution >= 4 is 23.8 Å². The number of rotatable bonds is 3. The van der Waals surface area contributed by atoms with E-state index < -0.39 is 0 Å². The second-order valence-electron chi connectivity index (χ2n) is 4.40. The van der Waals surface area contributed by atoms with Crippen molar-refractivity contribution in [1.82, 2.24) is 0 Å². The van der Waals surface area contributed by atoms with E-state index in [9.17, 15) is 0 Å². The predicted molar refractivity (Wildman–Crippen MR) is 80.0 cm³/mol. The molecule has 0 spiro atoms. The Bertz CT molecular complexity index is 672. The third-order valence-electron chi connectivity index (χ3n) is 3.37. The Hall–Kier alpha value is -2.34. The van der Waals surface area contributed by atoms with Crippen LogP contribution in [-0.2, 0) is 0 Å². The Balaban J connectivity index is 2.14. The van der Waals surface area contributed by atoms with Gasteiger partial charge in [-0.15, -0.1) is 0 Å². The normalized spacial score (nSPS) is 12.1. The molecule has 0 heteroatoms. The summed E-state index contributed by atoms with van der Waals surface area (Å²) in [6, 6.07) is 14.8. The highest BCUT2D eigenvalue weighted by molar-refractivity contribution is 6.04. The smallest absolute Gasteiger partial charge is 0.00930 e. The second kappa shape index (κ2) is 4.15. The van der Waals surface area contributed by atoms with E-state index in [1.54, 1.807) is 0 Å². The largest absolute Gasteiger partial charge is 0.0985 e. The Morgan fingerprint density at radius 3 is 2.39 bits per heavy atom. The molecule has 0 saturated heterocycles. The second-order valence-corrected chi connectivity index (χ2v) is 4.40. The minimum atomic E-state index is 1.14. The van der Waals surface area contributed by atoms with E-state index in [2.05, 4.69) is 61.7 Å². The Labute approximate surface area is 108 Å². The van der Waals surface area contributed by atoms with Gasteiger partial charge in [-0.3, -0.25) is 0 Å². The summed E-state index contributed by atoms with van der Waals surface area (Å²) >= 11 is 0. The summed E-state index contributed by atoms with van der Waals surface area (Å²) < 4.78 is 0. The molecule has 2 aromatic rings. The number of hydrogen-bond acceptors (Lipinski definition) is 0. The van der Waals surface area contributed by atoms with Crippen molar-refractivity contribution in [3.8, 4) is 0 Å². The van der Waals surface area contributed by atoms with Gasteiger partial charge in [0.2, 0.25) is 0 Å². The fraction of sp³-hybridized carbons (Fsp3) is 0. The molecule has 86 valence electrons. The molecule has 0 saturated carbocycles. The van der Waals surface area contributed by atoms with Gasteiger partial charge in [0.05, 0.1) is 0 Å². The summed E-state index contributed by atoms with van der Waals surface area (Å²) in [5.74, 6) is 0. The number of benzene rings is 2. The number of fused-ring (bicyclic) bond motifs is 1.